The lowest BCUT2D eigenvalue weighted by molar-refractivity contribution is -0.137. The van der Waals surface area contributed by atoms with E-state index in [4.69, 9.17) is 0 Å². The Kier molecular flexibility index (Phi) is 7.68. The maximum absolute atomic E-state index is 14.0. The summed E-state index contributed by atoms with van der Waals surface area (Å²) < 4.78 is 65.1. The van der Waals surface area contributed by atoms with Gasteiger partial charge in [0.05, 0.1) is 17.4 Å². The molecule has 2 heterocycles. The van der Waals surface area contributed by atoms with Gasteiger partial charge in [0.25, 0.3) is 0 Å². The first-order chi connectivity index (χ1) is 17.2. The predicted octanol–water partition coefficient (Wildman–Crippen LogP) is 5.73. The molecular formula is C25H24F5N5O. The topological polar surface area (TPSA) is 60.5 Å². The van der Waals surface area contributed by atoms with Crippen LogP contribution in [-0.4, -0.2) is 42.1 Å². The summed E-state index contributed by atoms with van der Waals surface area (Å²) in [6, 6.07) is 10.6. The van der Waals surface area contributed by atoms with Gasteiger partial charge < -0.3 is 15.5 Å². The average Bonchev–Trinajstić information content (AvgIpc) is 3.07. The maximum atomic E-state index is 14.0. The molecule has 1 fully saturated rings. The Morgan fingerprint density at radius 2 is 1.61 bits per heavy atom. The van der Waals surface area contributed by atoms with Crippen LogP contribution in [0.2, 0.25) is 0 Å². The Morgan fingerprint density at radius 1 is 0.889 bits per heavy atom. The van der Waals surface area contributed by atoms with Crippen molar-refractivity contribution in [3.05, 3.63) is 83.6 Å². The number of benzene rings is 2. The molecule has 0 saturated carbocycles. The average molecular weight is 505 g/mol. The van der Waals surface area contributed by atoms with Crippen molar-refractivity contribution >= 4 is 23.2 Å². The van der Waals surface area contributed by atoms with Crippen LogP contribution in [0.1, 0.15) is 17.5 Å². The first-order valence-electron chi connectivity index (χ1n) is 11.3. The molecule has 2 aromatic carbocycles. The monoisotopic (exact) mass is 505 g/mol. The van der Waals surface area contributed by atoms with Crippen LogP contribution < -0.4 is 15.5 Å². The van der Waals surface area contributed by atoms with Crippen molar-refractivity contribution < 1.29 is 26.7 Å². The van der Waals surface area contributed by atoms with Gasteiger partial charge in [0, 0.05) is 50.0 Å². The third-order valence-corrected chi connectivity index (χ3v) is 5.80. The molecule has 0 radical (unpaired) electrons. The van der Waals surface area contributed by atoms with Crippen molar-refractivity contribution in [2.24, 2.45) is 0 Å². The fourth-order valence-electron chi connectivity index (χ4n) is 3.93. The highest BCUT2D eigenvalue weighted by Crippen LogP contribution is 2.29. The normalized spacial score (nSPS) is 14.9. The molecule has 6 nitrogen and oxygen atoms in total. The highest BCUT2D eigenvalue weighted by atomic mass is 19.4. The maximum Gasteiger partial charge on any atom is 0.416 e. The van der Waals surface area contributed by atoms with Gasteiger partial charge in [0.15, 0.2) is 0 Å². The number of carbonyl (C=O) groups is 1. The van der Waals surface area contributed by atoms with Crippen molar-refractivity contribution in [1.29, 1.82) is 0 Å². The second-order valence-electron chi connectivity index (χ2n) is 8.41. The van der Waals surface area contributed by atoms with E-state index in [0.717, 1.165) is 43.5 Å². The molecular weight excluding hydrogens is 481 g/mol. The number of aromatic nitrogens is 1. The lowest BCUT2D eigenvalue weighted by Crippen LogP contribution is -2.31. The summed E-state index contributed by atoms with van der Waals surface area (Å²) >= 11 is 0. The van der Waals surface area contributed by atoms with Gasteiger partial charge in [-0.3, -0.25) is 4.90 Å². The lowest BCUT2D eigenvalue weighted by Gasteiger charge is -2.23. The quantitative estimate of drug-likeness (QED) is 0.435. The van der Waals surface area contributed by atoms with E-state index in [9.17, 15) is 26.7 Å². The summed E-state index contributed by atoms with van der Waals surface area (Å²) in [5.41, 5.74) is 0.298. The van der Waals surface area contributed by atoms with Gasteiger partial charge in [-0.15, -0.1) is 0 Å². The minimum absolute atomic E-state index is 0.222. The molecule has 0 bridgehead atoms. The molecule has 4 rings (SSSR count). The summed E-state index contributed by atoms with van der Waals surface area (Å²) in [5.74, 6) is -0.430. The van der Waals surface area contributed by atoms with Crippen molar-refractivity contribution in [1.82, 2.24) is 9.88 Å². The molecule has 1 aliphatic rings. The number of rotatable bonds is 5. The number of anilines is 3. The zero-order chi connectivity index (χ0) is 25.7. The number of nitrogens with zero attached hydrogens (tertiary/aromatic N) is 3. The van der Waals surface area contributed by atoms with Crippen LogP contribution in [0, 0.1) is 11.6 Å². The first kappa shape index (κ1) is 25.4. The first-order valence-corrected chi connectivity index (χ1v) is 11.3. The highest BCUT2D eigenvalue weighted by Gasteiger charge is 2.30. The van der Waals surface area contributed by atoms with Gasteiger partial charge in [-0.2, -0.15) is 13.2 Å². The molecule has 0 unspecified atom stereocenters. The number of amides is 2. The van der Waals surface area contributed by atoms with E-state index in [0.29, 0.717) is 30.9 Å². The number of pyridine rings is 1. The minimum atomic E-state index is -4.44. The summed E-state index contributed by atoms with van der Waals surface area (Å²) in [6.45, 7) is 3.24. The molecule has 1 aromatic heterocycles. The molecule has 0 atom stereocenters. The van der Waals surface area contributed by atoms with Crippen LogP contribution in [0.15, 0.2) is 60.8 Å². The van der Waals surface area contributed by atoms with Gasteiger partial charge in [-0.25, -0.2) is 18.6 Å². The van der Waals surface area contributed by atoms with E-state index in [1.54, 1.807) is 12.1 Å². The van der Waals surface area contributed by atoms with Crippen LogP contribution in [-0.2, 0) is 12.7 Å². The standard InChI is InChI=1S/C25H24F5N5O/c26-19-5-2-17(22(27)14-19)16-34-10-1-11-35(13-12-34)23-9-8-21(15-31-23)33-24(36)32-20-6-3-18(4-7-20)25(28,29)30/h2-9,14-15H,1,10-13,16H2,(H2,32,33,36). The predicted molar refractivity (Wildman–Crippen MR) is 127 cm³/mol. The molecule has 2 amide bonds. The number of halogens is 5. The van der Waals surface area contributed by atoms with Crippen molar-refractivity contribution in [2.45, 2.75) is 19.1 Å². The van der Waals surface area contributed by atoms with Crippen LogP contribution in [0.25, 0.3) is 0 Å². The Morgan fingerprint density at radius 3 is 2.28 bits per heavy atom. The molecule has 11 heteroatoms. The Balaban J connectivity index is 1.29. The van der Waals surface area contributed by atoms with E-state index in [1.807, 2.05) is 0 Å². The van der Waals surface area contributed by atoms with Crippen LogP contribution in [0.3, 0.4) is 0 Å². The van der Waals surface area contributed by atoms with Crippen LogP contribution >= 0.6 is 0 Å². The summed E-state index contributed by atoms with van der Waals surface area (Å²) in [7, 11) is 0. The Hall–Kier alpha value is -3.73. The van der Waals surface area contributed by atoms with Gasteiger partial charge in [0.2, 0.25) is 0 Å². The van der Waals surface area contributed by atoms with Gasteiger partial charge >= 0.3 is 12.2 Å². The lowest BCUT2D eigenvalue weighted by atomic mass is 10.2. The molecule has 190 valence electrons. The molecule has 3 aromatic rings. The number of urea groups is 1. The van der Waals surface area contributed by atoms with Crippen LogP contribution in [0.4, 0.5) is 43.9 Å². The minimum Gasteiger partial charge on any atom is -0.355 e. The number of hydrogen-bond donors (Lipinski definition) is 2. The van der Waals surface area contributed by atoms with E-state index >= 15 is 0 Å². The zero-order valence-corrected chi connectivity index (χ0v) is 19.2. The van der Waals surface area contributed by atoms with Gasteiger partial charge in [0.1, 0.15) is 17.5 Å². The molecule has 1 aliphatic heterocycles. The fourth-order valence-corrected chi connectivity index (χ4v) is 3.93. The molecule has 0 spiro atoms. The largest absolute Gasteiger partial charge is 0.416 e. The summed E-state index contributed by atoms with van der Waals surface area (Å²) in [4.78, 5) is 20.8. The Labute approximate surface area is 204 Å². The molecule has 2 N–H and O–H groups in total. The van der Waals surface area contributed by atoms with E-state index in [2.05, 4.69) is 25.4 Å². The van der Waals surface area contributed by atoms with Crippen molar-refractivity contribution in [3.8, 4) is 0 Å². The third kappa shape index (κ3) is 6.69. The second kappa shape index (κ2) is 10.9. The zero-order valence-electron chi connectivity index (χ0n) is 19.2. The van der Waals surface area contributed by atoms with Crippen molar-refractivity contribution in [3.63, 3.8) is 0 Å². The van der Waals surface area contributed by atoms with Gasteiger partial charge in [-0.05, 0) is 48.9 Å². The molecule has 1 saturated heterocycles. The highest BCUT2D eigenvalue weighted by molar-refractivity contribution is 5.99. The van der Waals surface area contributed by atoms with Gasteiger partial charge in [-0.1, -0.05) is 6.07 Å². The smallest absolute Gasteiger partial charge is 0.355 e. The number of alkyl halides is 3. The van der Waals surface area contributed by atoms with E-state index in [-0.39, 0.29) is 5.69 Å². The SMILES string of the molecule is O=C(Nc1ccc(C(F)(F)F)cc1)Nc1ccc(N2CCCN(Cc3ccc(F)cc3F)CC2)nc1. The van der Waals surface area contributed by atoms with Crippen molar-refractivity contribution in [2.75, 3.05) is 41.7 Å². The summed E-state index contributed by atoms with van der Waals surface area (Å²) in [6.07, 6.45) is -2.11. The number of hydrogen-bond acceptors (Lipinski definition) is 4. The van der Waals surface area contributed by atoms with Crippen LogP contribution in [0.5, 0.6) is 0 Å². The van der Waals surface area contributed by atoms with E-state index < -0.39 is 29.4 Å². The fraction of sp³-hybridized carbons (Fsp3) is 0.280. The second-order valence-corrected chi connectivity index (χ2v) is 8.41. The molecule has 36 heavy (non-hydrogen) atoms. The molecule has 0 aliphatic carbocycles. The number of carbonyl (C=O) groups excluding carboxylic acids is 1. The Bertz CT molecular complexity index is 1180. The third-order valence-electron chi connectivity index (χ3n) is 5.80. The van der Waals surface area contributed by atoms with E-state index in [1.165, 1.54) is 30.5 Å². The summed E-state index contributed by atoms with van der Waals surface area (Å²) in [5, 5.41) is 5.08. The number of nitrogens with one attached hydrogen (secondary N) is 2.